The van der Waals surface area contributed by atoms with E-state index in [2.05, 4.69) is 15.4 Å². The fraction of sp³-hybridized carbons (Fsp3) is 0.0625. The molecule has 0 bridgehead atoms. The van der Waals surface area contributed by atoms with Gasteiger partial charge in [0.1, 0.15) is 17.3 Å². The van der Waals surface area contributed by atoms with Gasteiger partial charge >= 0.3 is 6.03 Å². The number of rotatable bonds is 4. The topological polar surface area (TPSA) is 95.1 Å². The van der Waals surface area contributed by atoms with Gasteiger partial charge < -0.3 is 15.8 Å². The lowest BCUT2D eigenvalue weighted by Gasteiger charge is -2.09. The highest BCUT2D eigenvalue weighted by Gasteiger charge is 2.08. The Bertz CT molecular complexity index is 894. The molecule has 0 radical (unpaired) electrons. The number of primary amides is 1. The van der Waals surface area contributed by atoms with Crippen LogP contribution in [0.4, 0.5) is 14.9 Å². The number of pyridine rings is 1. The predicted octanol–water partition coefficient (Wildman–Crippen LogP) is 2.90. The van der Waals surface area contributed by atoms with E-state index >= 15 is 0 Å². The monoisotopic (exact) mass is 327 g/mol. The SMILES string of the molecule is Cn1cc(-c2cc(Oc3ccc(F)c(NC(N)=O)c3)ccn2)cn1. The quantitative estimate of drug-likeness (QED) is 0.770. The molecule has 0 saturated carbocycles. The fourth-order valence-corrected chi connectivity index (χ4v) is 2.12. The molecule has 1 aromatic carbocycles. The number of amides is 2. The largest absolute Gasteiger partial charge is 0.457 e. The Morgan fingerprint density at radius 3 is 2.79 bits per heavy atom. The molecule has 0 fully saturated rings. The molecule has 3 N–H and O–H groups in total. The summed E-state index contributed by atoms with van der Waals surface area (Å²) < 4.78 is 21.0. The number of nitrogens with two attached hydrogens (primary N) is 1. The van der Waals surface area contributed by atoms with Crippen LogP contribution < -0.4 is 15.8 Å². The lowest BCUT2D eigenvalue weighted by atomic mass is 10.2. The third kappa shape index (κ3) is 3.49. The highest BCUT2D eigenvalue weighted by Crippen LogP contribution is 2.28. The fourth-order valence-electron chi connectivity index (χ4n) is 2.12. The Hall–Kier alpha value is -3.42. The number of aromatic nitrogens is 3. The van der Waals surface area contributed by atoms with E-state index in [0.717, 1.165) is 5.56 Å². The maximum atomic E-state index is 13.6. The van der Waals surface area contributed by atoms with Crippen LogP contribution >= 0.6 is 0 Å². The molecular formula is C16H14FN5O2. The molecule has 3 rings (SSSR count). The summed E-state index contributed by atoms with van der Waals surface area (Å²) in [6, 6.07) is 6.54. The molecule has 7 nitrogen and oxygen atoms in total. The van der Waals surface area contributed by atoms with Crippen molar-refractivity contribution >= 4 is 11.7 Å². The zero-order valence-corrected chi connectivity index (χ0v) is 12.7. The molecule has 8 heteroatoms. The summed E-state index contributed by atoms with van der Waals surface area (Å²) in [5.74, 6) is 0.260. The molecule has 0 aliphatic rings. The molecular weight excluding hydrogens is 313 g/mol. The van der Waals surface area contributed by atoms with Crippen molar-refractivity contribution in [3.8, 4) is 22.8 Å². The third-order valence-electron chi connectivity index (χ3n) is 3.16. The summed E-state index contributed by atoms with van der Waals surface area (Å²) in [4.78, 5) is 15.2. The Labute approximate surface area is 136 Å². The number of urea groups is 1. The maximum absolute atomic E-state index is 13.6. The number of aryl methyl sites for hydroxylation is 1. The molecule has 2 aromatic heterocycles. The van der Waals surface area contributed by atoms with Gasteiger partial charge in [0.05, 0.1) is 17.6 Å². The van der Waals surface area contributed by atoms with Crippen molar-refractivity contribution in [2.45, 2.75) is 0 Å². The minimum atomic E-state index is -0.853. The van der Waals surface area contributed by atoms with E-state index in [4.69, 9.17) is 10.5 Å². The normalized spacial score (nSPS) is 10.4. The van der Waals surface area contributed by atoms with Crippen LogP contribution in [0.5, 0.6) is 11.5 Å². The number of carbonyl (C=O) groups is 1. The van der Waals surface area contributed by atoms with Gasteiger partial charge in [0.2, 0.25) is 0 Å². The van der Waals surface area contributed by atoms with Crippen LogP contribution in [0.1, 0.15) is 0 Å². The Morgan fingerprint density at radius 1 is 1.29 bits per heavy atom. The summed E-state index contributed by atoms with van der Waals surface area (Å²) in [7, 11) is 1.82. The number of hydrogen-bond donors (Lipinski definition) is 2. The number of nitrogens with zero attached hydrogens (tertiary/aromatic N) is 3. The Morgan fingerprint density at radius 2 is 2.08 bits per heavy atom. The standard InChI is InChI=1S/C16H14FN5O2/c1-22-9-10(8-20-22)14-6-12(4-5-19-14)24-11-2-3-13(17)15(7-11)21-16(18)23/h2-9H,1H3,(H3,18,21,23). The van der Waals surface area contributed by atoms with Crippen LogP contribution in [0.3, 0.4) is 0 Å². The van der Waals surface area contributed by atoms with Crippen molar-refractivity contribution in [3.63, 3.8) is 0 Å². The summed E-state index contributed by atoms with van der Waals surface area (Å²) in [5.41, 5.74) is 6.49. The van der Waals surface area contributed by atoms with Gasteiger partial charge in [-0.25, -0.2) is 9.18 Å². The van der Waals surface area contributed by atoms with Gasteiger partial charge in [-0.3, -0.25) is 9.67 Å². The highest BCUT2D eigenvalue weighted by molar-refractivity contribution is 5.88. The maximum Gasteiger partial charge on any atom is 0.316 e. The Kier molecular flexibility index (Phi) is 4.11. The molecule has 2 amide bonds. The second-order valence-corrected chi connectivity index (χ2v) is 5.01. The van der Waals surface area contributed by atoms with E-state index in [1.165, 1.54) is 18.2 Å². The molecule has 0 aliphatic carbocycles. The van der Waals surface area contributed by atoms with Gasteiger partial charge in [0.15, 0.2) is 0 Å². The minimum absolute atomic E-state index is 0.0541. The second-order valence-electron chi connectivity index (χ2n) is 5.01. The average molecular weight is 327 g/mol. The number of ether oxygens (including phenoxy) is 1. The number of nitrogens with one attached hydrogen (secondary N) is 1. The predicted molar refractivity (Wildman–Crippen MR) is 86.1 cm³/mol. The summed E-state index contributed by atoms with van der Waals surface area (Å²) in [6.45, 7) is 0. The second kappa shape index (κ2) is 6.37. The highest BCUT2D eigenvalue weighted by atomic mass is 19.1. The molecule has 0 atom stereocenters. The minimum Gasteiger partial charge on any atom is -0.457 e. The summed E-state index contributed by atoms with van der Waals surface area (Å²) in [5, 5.41) is 6.30. The third-order valence-corrected chi connectivity index (χ3v) is 3.16. The van der Waals surface area contributed by atoms with Crippen LogP contribution in [0.25, 0.3) is 11.3 Å². The van der Waals surface area contributed by atoms with Gasteiger partial charge in [0, 0.05) is 37.1 Å². The van der Waals surface area contributed by atoms with Gasteiger partial charge in [-0.1, -0.05) is 0 Å². The van der Waals surface area contributed by atoms with Crippen molar-refractivity contribution < 1.29 is 13.9 Å². The molecule has 2 heterocycles. The van der Waals surface area contributed by atoms with E-state index in [-0.39, 0.29) is 5.69 Å². The van der Waals surface area contributed by atoms with E-state index in [1.54, 1.807) is 29.2 Å². The molecule has 0 aliphatic heterocycles. The van der Waals surface area contributed by atoms with Gasteiger partial charge in [-0.15, -0.1) is 0 Å². The first-order chi connectivity index (χ1) is 11.5. The lowest BCUT2D eigenvalue weighted by molar-refractivity contribution is 0.259. The van der Waals surface area contributed by atoms with Crippen LogP contribution in [0.2, 0.25) is 0 Å². The zero-order chi connectivity index (χ0) is 17.1. The van der Waals surface area contributed by atoms with E-state index in [0.29, 0.717) is 17.2 Å². The number of hydrogen-bond acceptors (Lipinski definition) is 4. The van der Waals surface area contributed by atoms with Gasteiger partial charge in [-0.2, -0.15) is 5.10 Å². The molecule has 24 heavy (non-hydrogen) atoms. The van der Waals surface area contributed by atoms with Crippen molar-refractivity contribution in [2.75, 3.05) is 5.32 Å². The smallest absolute Gasteiger partial charge is 0.316 e. The van der Waals surface area contributed by atoms with Crippen LogP contribution in [0, 0.1) is 5.82 Å². The van der Waals surface area contributed by atoms with E-state index < -0.39 is 11.8 Å². The summed E-state index contributed by atoms with van der Waals surface area (Å²) in [6.07, 6.45) is 5.13. The molecule has 3 aromatic rings. The van der Waals surface area contributed by atoms with E-state index in [1.807, 2.05) is 13.2 Å². The number of anilines is 1. The first-order valence-corrected chi connectivity index (χ1v) is 7.00. The number of carbonyl (C=O) groups excluding carboxylic acids is 1. The van der Waals surface area contributed by atoms with Crippen LogP contribution in [0.15, 0.2) is 48.9 Å². The first-order valence-electron chi connectivity index (χ1n) is 7.00. The molecule has 122 valence electrons. The molecule has 0 unspecified atom stereocenters. The van der Waals surface area contributed by atoms with Gasteiger partial charge in [0.25, 0.3) is 0 Å². The zero-order valence-electron chi connectivity index (χ0n) is 12.7. The van der Waals surface area contributed by atoms with Gasteiger partial charge in [-0.05, 0) is 18.2 Å². The van der Waals surface area contributed by atoms with Crippen molar-refractivity contribution in [1.82, 2.24) is 14.8 Å². The first kappa shape index (κ1) is 15.5. The van der Waals surface area contributed by atoms with Crippen LogP contribution in [-0.2, 0) is 7.05 Å². The average Bonchev–Trinajstić information content (AvgIpc) is 2.97. The Balaban J connectivity index is 1.85. The van der Waals surface area contributed by atoms with Crippen molar-refractivity contribution in [1.29, 1.82) is 0 Å². The lowest BCUT2D eigenvalue weighted by Crippen LogP contribution is -2.20. The molecule has 0 saturated heterocycles. The molecule has 0 spiro atoms. The summed E-state index contributed by atoms with van der Waals surface area (Å²) >= 11 is 0. The van der Waals surface area contributed by atoms with Crippen molar-refractivity contribution in [2.24, 2.45) is 12.8 Å². The van der Waals surface area contributed by atoms with E-state index in [9.17, 15) is 9.18 Å². The van der Waals surface area contributed by atoms with Crippen molar-refractivity contribution in [3.05, 3.63) is 54.7 Å². The number of benzene rings is 1. The van der Waals surface area contributed by atoms with Crippen LogP contribution in [-0.4, -0.2) is 20.8 Å². The number of halogens is 1.